The van der Waals surface area contributed by atoms with Crippen molar-refractivity contribution in [3.63, 3.8) is 0 Å². The van der Waals surface area contributed by atoms with E-state index in [1.54, 1.807) is 12.4 Å². The van der Waals surface area contributed by atoms with Gasteiger partial charge in [-0.3, -0.25) is 9.78 Å². The summed E-state index contributed by atoms with van der Waals surface area (Å²) in [4.78, 5) is 29.7. The van der Waals surface area contributed by atoms with E-state index in [0.717, 1.165) is 38.0 Å². The third kappa shape index (κ3) is 4.30. The van der Waals surface area contributed by atoms with Crippen molar-refractivity contribution in [2.75, 3.05) is 31.6 Å². The van der Waals surface area contributed by atoms with Crippen LogP contribution in [-0.2, 0) is 11.2 Å². The second kappa shape index (κ2) is 8.37. The molecule has 1 saturated heterocycles. The lowest BCUT2D eigenvalue weighted by molar-refractivity contribution is -0.130. The Labute approximate surface area is 164 Å². The molecule has 0 bridgehead atoms. The van der Waals surface area contributed by atoms with E-state index in [4.69, 9.17) is 4.42 Å². The number of pyridine rings is 2. The highest BCUT2D eigenvalue weighted by molar-refractivity contribution is 5.76. The van der Waals surface area contributed by atoms with Crippen molar-refractivity contribution in [2.45, 2.75) is 25.7 Å². The smallest absolute Gasteiger partial charge is 0.299 e. The Hall–Kier alpha value is -2.96. The molecule has 1 amide bonds. The Morgan fingerprint density at radius 2 is 2.14 bits per heavy atom. The predicted molar refractivity (Wildman–Crippen MR) is 107 cm³/mol. The molecule has 1 unspecified atom stereocenters. The number of nitrogens with zero attached hydrogens (tertiary/aromatic N) is 5. The van der Waals surface area contributed by atoms with E-state index in [0.29, 0.717) is 36.1 Å². The average Bonchev–Trinajstić information content (AvgIpc) is 3.17. The molecule has 0 saturated carbocycles. The van der Waals surface area contributed by atoms with Crippen molar-refractivity contribution in [1.82, 2.24) is 19.9 Å². The maximum Gasteiger partial charge on any atom is 0.299 e. The monoisotopic (exact) mass is 379 g/mol. The first kappa shape index (κ1) is 18.4. The van der Waals surface area contributed by atoms with Gasteiger partial charge in [0.05, 0.1) is 0 Å². The number of oxazole rings is 1. The molecule has 0 aromatic carbocycles. The van der Waals surface area contributed by atoms with Crippen LogP contribution in [0.2, 0.25) is 0 Å². The molecule has 1 aliphatic heterocycles. The molecule has 4 heterocycles. The van der Waals surface area contributed by atoms with Gasteiger partial charge in [-0.1, -0.05) is 6.07 Å². The lowest BCUT2D eigenvalue weighted by Crippen LogP contribution is -2.38. The lowest BCUT2D eigenvalue weighted by atomic mass is 9.94. The first-order chi connectivity index (χ1) is 13.7. The summed E-state index contributed by atoms with van der Waals surface area (Å²) in [5, 5.41) is 0. The molecule has 28 heavy (non-hydrogen) atoms. The zero-order valence-electron chi connectivity index (χ0n) is 16.1. The zero-order chi connectivity index (χ0) is 19.3. The van der Waals surface area contributed by atoms with Crippen LogP contribution < -0.4 is 4.90 Å². The highest BCUT2D eigenvalue weighted by Gasteiger charge is 2.26. The minimum absolute atomic E-state index is 0.182. The summed E-state index contributed by atoms with van der Waals surface area (Å²) in [6.07, 6.45) is 6.91. The fraction of sp³-hybridized carbons (Fsp3) is 0.429. The van der Waals surface area contributed by atoms with Gasteiger partial charge < -0.3 is 14.2 Å². The van der Waals surface area contributed by atoms with Crippen molar-refractivity contribution in [1.29, 1.82) is 0 Å². The van der Waals surface area contributed by atoms with E-state index in [1.807, 2.05) is 42.3 Å². The molecule has 7 heteroatoms. The quantitative estimate of drug-likeness (QED) is 0.655. The van der Waals surface area contributed by atoms with Gasteiger partial charge in [-0.25, -0.2) is 4.98 Å². The summed E-state index contributed by atoms with van der Waals surface area (Å²) >= 11 is 0. The molecule has 1 fully saturated rings. The molecule has 1 atom stereocenters. The number of carbonyl (C=O) groups is 1. The van der Waals surface area contributed by atoms with Gasteiger partial charge in [0, 0.05) is 57.6 Å². The molecule has 0 aliphatic carbocycles. The standard InChI is InChI=1S/C21H25N5O2/c1-25(13-9-17-7-2-3-10-22-17)19(27)14-16-6-5-12-26(15-16)21-24-20-18(28-21)8-4-11-23-20/h2-4,7-8,10-11,16H,5-6,9,12-15H2,1H3. The van der Waals surface area contributed by atoms with E-state index in [9.17, 15) is 4.79 Å². The predicted octanol–water partition coefficient (Wildman–Crippen LogP) is 2.93. The number of hydrogen-bond donors (Lipinski definition) is 0. The first-order valence-electron chi connectivity index (χ1n) is 9.79. The average molecular weight is 379 g/mol. The zero-order valence-corrected chi connectivity index (χ0v) is 16.1. The number of carbonyl (C=O) groups excluding carboxylic acids is 1. The van der Waals surface area contributed by atoms with Crippen molar-refractivity contribution in [3.05, 3.63) is 48.4 Å². The fourth-order valence-corrected chi connectivity index (χ4v) is 3.65. The number of hydrogen-bond acceptors (Lipinski definition) is 6. The van der Waals surface area contributed by atoms with Crippen molar-refractivity contribution >= 4 is 23.2 Å². The maximum atomic E-state index is 12.7. The number of anilines is 1. The van der Waals surface area contributed by atoms with Gasteiger partial charge in [-0.15, -0.1) is 0 Å². The number of fused-ring (bicyclic) bond motifs is 1. The van der Waals surface area contributed by atoms with Crippen LogP contribution in [0, 0.1) is 5.92 Å². The summed E-state index contributed by atoms with van der Waals surface area (Å²) in [5.41, 5.74) is 2.34. The largest absolute Gasteiger partial charge is 0.422 e. The minimum atomic E-state index is 0.182. The van der Waals surface area contributed by atoms with Crippen LogP contribution in [0.1, 0.15) is 25.0 Å². The molecular formula is C21H25N5O2. The third-order valence-corrected chi connectivity index (χ3v) is 5.26. The SMILES string of the molecule is CN(CCc1ccccn1)C(=O)CC1CCCN(c2nc3ncccc3o2)C1. The minimum Gasteiger partial charge on any atom is -0.422 e. The van der Waals surface area contributed by atoms with E-state index in [1.165, 1.54) is 0 Å². The van der Waals surface area contributed by atoms with E-state index in [-0.39, 0.29) is 5.91 Å². The van der Waals surface area contributed by atoms with Crippen LogP contribution >= 0.6 is 0 Å². The van der Waals surface area contributed by atoms with Crippen LogP contribution in [0.4, 0.5) is 6.01 Å². The Kier molecular flexibility index (Phi) is 5.50. The molecule has 3 aromatic rings. The van der Waals surface area contributed by atoms with Crippen LogP contribution in [0.3, 0.4) is 0 Å². The summed E-state index contributed by atoms with van der Waals surface area (Å²) < 4.78 is 5.85. The van der Waals surface area contributed by atoms with Crippen molar-refractivity contribution < 1.29 is 9.21 Å². The van der Waals surface area contributed by atoms with Gasteiger partial charge in [-0.05, 0) is 43.0 Å². The molecule has 4 rings (SSSR count). The van der Waals surface area contributed by atoms with Crippen LogP contribution in [-0.4, -0.2) is 52.4 Å². The van der Waals surface area contributed by atoms with E-state index < -0.39 is 0 Å². The molecule has 0 radical (unpaired) electrons. The number of aromatic nitrogens is 3. The molecule has 1 aliphatic rings. The second-order valence-corrected chi connectivity index (χ2v) is 7.37. The normalized spacial score (nSPS) is 17.0. The van der Waals surface area contributed by atoms with Crippen molar-refractivity contribution in [2.24, 2.45) is 5.92 Å². The Balaban J connectivity index is 1.32. The van der Waals surface area contributed by atoms with E-state index in [2.05, 4.69) is 19.9 Å². The van der Waals surface area contributed by atoms with Gasteiger partial charge in [0.15, 0.2) is 5.58 Å². The number of piperidine rings is 1. The summed E-state index contributed by atoms with van der Waals surface area (Å²) in [5.74, 6) is 0.489. The third-order valence-electron chi connectivity index (χ3n) is 5.26. The number of rotatable bonds is 6. The highest BCUT2D eigenvalue weighted by Crippen LogP contribution is 2.27. The van der Waals surface area contributed by atoms with Gasteiger partial charge in [0.1, 0.15) is 0 Å². The topological polar surface area (TPSA) is 75.4 Å². The van der Waals surface area contributed by atoms with Gasteiger partial charge in [-0.2, -0.15) is 4.98 Å². The maximum absolute atomic E-state index is 12.7. The van der Waals surface area contributed by atoms with Crippen LogP contribution in [0.25, 0.3) is 11.2 Å². The molecule has 0 spiro atoms. The summed E-state index contributed by atoms with van der Waals surface area (Å²) in [6, 6.07) is 10.2. The van der Waals surface area contributed by atoms with E-state index >= 15 is 0 Å². The Morgan fingerprint density at radius 1 is 1.25 bits per heavy atom. The highest BCUT2D eigenvalue weighted by atomic mass is 16.4. The van der Waals surface area contributed by atoms with Gasteiger partial charge in [0.2, 0.25) is 11.6 Å². The molecule has 146 valence electrons. The van der Waals surface area contributed by atoms with Crippen LogP contribution in [0.15, 0.2) is 47.1 Å². The second-order valence-electron chi connectivity index (χ2n) is 7.37. The molecule has 7 nitrogen and oxygen atoms in total. The first-order valence-corrected chi connectivity index (χ1v) is 9.79. The Morgan fingerprint density at radius 3 is 2.96 bits per heavy atom. The number of amides is 1. The molecule has 0 N–H and O–H groups in total. The summed E-state index contributed by atoms with van der Waals surface area (Å²) in [7, 11) is 1.87. The molecule has 3 aromatic heterocycles. The lowest BCUT2D eigenvalue weighted by Gasteiger charge is -2.32. The molecular weight excluding hydrogens is 354 g/mol. The van der Waals surface area contributed by atoms with Crippen molar-refractivity contribution in [3.8, 4) is 0 Å². The summed E-state index contributed by atoms with van der Waals surface area (Å²) in [6.45, 7) is 2.36. The Bertz CT molecular complexity index is 894. The van der Waals surface area contributed by atoms with Gasteiger partial charge >= 0.3 is 0 Å². The van der Waals surface area contributed by atoms with Gasteiger partial charge in [0.25, 0.3) is 6.01 Å². The fourth-order valence-electron chi connectivity index (χ4n) is 3.65. The number of likely N-dealkylation sites (N-methyl/N-ethyl adjacent to an activating group) is 1. The van der Waals surface area contributed by atoms with Crippen LogP contribution in [0.5, 0.6) is 0 Å².